The summed E-state index contributed by atoms with van der Waals surface area (Å²) in [6.07, 6.45) is 8.13. The smallest absolute Gasteiger partial charge is 0.119 e. The molecule has 0 aromatic heterocycles. The van der Waals surface area contributed by atoms with Gasteiger partial charge in [-0.25, -0.2) is 0 Å². The molecule has 1 aromatic rings. The van der Waals surface area contributed by atoms with E-state index in [1.54, 1.807) is 7.11 Å². The predicted octanol–water partition coefficient (Wildman–Crippen LogP) is 3.45. The van der Waals surface area contributed by atoms with Gasteiger partial charge in [0.25, 0.3) is 0 Å². The lowest BCUT2D eigenvalue weighted by Gasteiger charge is -2.24. The molecule has 0 bridgehead atoms. The Bertz CT molecular complexity index is 386. The molecule has 2 heteroatoms. The molecule has 0 aliphatic heterocycles. The summed E-state index contributed by atoms with van der Waals surface area (Å²) in [6.45, 7) is 2.22. The van der Waals surface area contributed by atoms with E-state index in [4.69, 9.17) is 4.74 Å². The van der Waals surface area contributed by atoms with Gasteiger partial charge in [-0.2, -0.15) is 0 Å². The van der Waals surface area contributed by atoms with Crippen molar-refractivity contribution in [2.24, 2.45) is 0 Å². The Morgan fingerprint density at radius 3 is 2.94 bits per heavy atom. The number of allylic oxidation sites excluding steroid dienone is 1. The summed E-state index contributed by atoms with van der Waals surface area (Å²) in [4.78, 5) is 0. The van der Waals surface area contributed by atoms with Crippen molar-refractivity contribution in [2.75, 3.05) is 7.11 Å². The van der Waals surface area contributed by atoms with Crippen LogP contribution in [0.15, 0.2) is 36.4 Å². The van der Waals surface area contributed by atoms with Crippen molar-refractivity contribution < 1.29 is 4.74 Å². The van der Waals surface area contributed by atoms with Crippen LogP contribution in [0.5, 0.6) is 5.75 Å². The van der Waals surface area contributed by atoms with Crippen molar-refractivity contribution in [2.45, 2.75) is 38.3 Å². The van der Waals surface area contributed by atoms with E-state index >= 15 is 0 Å². The number of methoxy groups -OCH3 is 1. The molecule has 0 saturated carbocycles. The van der Waals surface area contributed by atoms with E-state index in [1.165, 1.54) is 18.4 Å². The molecule has 0 saturated heterocycles. The van der Waals surface area contributed by atoms with E-state index in [2.05, 4.69) is 36.5 Å². The van der Waals surface area contributed by atoms with Crippen LogP contribution in [0.2, 0.25) is 0 Å². The minimum Gasteiger partial charge on any atom is -0.497 e. The molecule has 0 spiro atoms. The molecule has 0 fully saturated rings. The van der Waals surface area contributed by atoms with Gasteiger partial charge < -0.3 is 10.1 Å². The molecule has 92 valence electrons. The van der Waals surface area contributed by atoms with Gasteiger partial charge in [0.1, 0.15) is 5.75 Å². The maximum atomic E-state index is 5.26. The normalized spacial score (nSPS) is 21.2. The van der Waals surface area contributed by atoms with Crippen molar-refractivity contribution in [3.05, 3.63) is 42.0 Å². The zero-order valence-electron chi connectivity index (χ0n) is 10.6. The first-order chi connectivity index (χ1) is 8.29. The van der Waals surface area contributed by atoms with Crippen LogP contribution in [0.3, 0.4) is 0 Å². The fourth-order valence-electron chi connectivity index (χ4n) is 2.31. The Hall–Kier alpha value is -1.28. The van der Waals surface area contributed by atoms with Gasteiger partial charge in [-0.3, -0.25) is 0 Å². The van der Waals surface area contributed by atoms with Crippen LogP contribution in [-0.4, -0.2) is 13.2 Å². The topological polar surface area (TPSA) is 21.3 Å². The molecule has 1 aliphatic rings. The van der Waals surface area contributed by atoms with Crippen molar-refractivity contribution in [1.82, 2.24) is 5.32 Å². The van der Waals surface area contributed by atoms with Gasteiger partial charge >= 0.3 is 0 Å². The van der Waals surface area contributed by atoms with E-state index in [9.17, 15) is 0 Å². The monoisotopic (exact) mass is 231 g/mol. The quantitative estimate of drug-likeness (QED) is 0.801. The molecular formula is C15H21NO. The third kappa shape index (κ3) is 3.34. The first-order valence-electron chi connectivity index (χ1n) is 6.34. The molecule has 0 amide bonds. The number of hydrogen-bond acceptors (Lipinski definition) is 2. The third-order valence-electron chi connectivity index (χ3n) is 3.35. The number of hydrogen-bond donors (Lipinski definition) is 1. The van der Waals surface area contributed by atoms with Crippen molar-refractivity contribution in [3.8, 4) is 5.75 Å². The Labute approximate surface area is 104 Å². The Kier molecular flexibility index (Phi) is 4.21. The van der Waals surface area contributed by atoms with Crippen molar-refractivity contribution in [3.63, 3.8) is 0 Å². The predicted molar refractivity (Wildman–Crippen MR) is 71.3 cm³/mol. The maximum absolute atomic E-state index is 5.26. The molecular weight excluding hydrogens is 210 g/mol. The third-order valence-corrected chi connectivity index (χ3v) is 3.35. The first-order valence-corrected chi connectivity index (χ1v) is 6.34. The molecule has 2 atom stereocenters. The number of nitrogens with one attached hydrogen (secondary N) is 1. The molecule has 1 N–H and O–H groups in total. The molecule has 2 unspecified atom stereocenters. The summed E-state index contributed by atoms with van der Waals surface area (Å²) in [5, 5.41) is 3.68. The highest BCUT2D eigenvalue weighted by atomic mass is 16.5. The number of rotatable bonds is 4. The Balaban J connectivity index is 1.98. The summed E-state index contributed by atoms with van der Waals surface area (Å²) < 4.78 is 5.26. The molecule has 2 nitrogen and oxygen atoms in total. The van der Waals surface area contributed by atoms with Crippen LogP contribution < -0.4 is 10.1 Å². The second-order valence-electron chi connectivity index (χ2n) is 4.65. The van der Waals surface area contributed by atoms with E-state index in [0.717, 1.165) is 12.2 Å². The fraction of sp³-hybridized carbons (Fsp3) is 0.467. The van der Waals surface area contributed by atoms with Crippen LogP contribution >= 0.6 is 0 Å². The van der Waals surface area contributed by atoms with Crippen LogP contribution in [-0.2, 0) is 0 Å². The van der Waals surface area contributed by atoms with Crippen LogP contribution in [0.25, 0.3) is 0 Å². The highest BCUT2D eigenvalue weighted by Crippen LogP contribution is 2.21. The average molecular weight is 231 g/mol. The van der Waals surface area contributed by atoms with Crippen molar-refractivity contribution in [1.29, 1.82) is 0 Å². The van der Waals surface area contributed by atoms with Gasteiger partial charge in [-0.05, 0) is 43.9 Å². The van der Waals surface area contributed by atoms with E-state index in [-0.39, 0.29) is 0 Å². The first kappa shape index (κ1) is 12.2. The van der Waals surface area contributed by atoms with Gasteiger partial charge in [0.2, 0.25) is 0 Å². The largest absolute Gasteiger partial charge is 0.497 e. The minimum absolute atomic E-state index is 0.376. The second-order valence-corrected chi connectivity index (χ2v) is 4.65. The highest BCUT2D eigenvalue weighted by molar-refractivity contribution is 5.30. The van der Waals surface area contributed by atoms with Crippen LogP contribution in [0, 0.1) is 0 Å². The molecule has 0 heterocycles. The zero-order chi connectivity index (χ0) is 12.1. The maximum Gasteiger partial charge on any atom is 0.119 e. The summed E-state index contributed by atoms with van der Waals surface area (Å²) >= 11 is 0. The fourth-order valence-corrected chi connectivity index (χ4v) is 2.31. The molecule has 1 aliphatic carbocycles. The lowest BCUT2D eigenvalue weighted by atomic mass is 9.99. The van der Waals surface area contributed by atoms with Gasteiger partial charge in [0.05, 0.1) is 7.11 Å². The Morgan fingerprint density at radius 1 is 1.35 bits per heavy atom. The van der Waals surface area contributed by atoms with Crippen molar-refractivity contribution >= 4 is 0 Å². The summed E-state index contributed by atoms with van der Waals surface area (Å²) in [5.41, 5.74) is 1.29. The average Bonchev–Trinajstić information content (AvgIpc) is 2.40. The van der Waals surface area contributed by atoms with Gasteiger partial charge in [0.15, 0.2) is 0 Å². The number of ether oxygens (including phenoxy) is 1. The molecule has 1 aromatic carbocycles. The van der Waals surface area contributed by atoms with E-state index in [1.807, 2.05) is 12.1 Å². The Morgan fingerprint density at radius 2 is 2.24 bits per heavy atom. The summed E-state index contributed by atoms with van der Waals surface area (Å²) in [5.74, 6) is 0.930. The second kappa shape index (κ2) is 5.87. The van der Waals surface area contributed by atoms with Gasteiger partial charge in [-0.15, -0.1) is 0 Å². The molecule has 2 rings (SSSR count). The highest BCUT2D eigenvalue weighted by Gasteiger charge is 2.14. The zero-order valence-corrected chi connectivity index (χ0v) is 10.6. The summed E-state index contributed by atoms with van der Waals surface area (Å²) in [7, 11) is 1.71. The summed E-state index contributed by atoms with van der Waals surface area (Å²) in [6, 6.07) is 9.28. The van der Waals surface area contributed by atoms with Gasteiger partial charge in [0, 0.05) is 12.1 Å². The molecule has 0 radical (unpaired) electrons. The lowest BCUT2D eigenvalue weighted by Crippen LogP contribution is -2.32. The van der Waals surface area contributed by atoms with Gasteiger partial charge in [-0.1, -0.05) is 24.3 Å². The van der Waals surface area contributed by atoms with Crippen LogP contribution in [0.4, 0.5) is 0 Å². The minimum atomic E-state index is 0.376. The molecule has 17 heavy (non-hydrogen) atoms. The number of benzene rings is 1. The lowest BCUT2D eigenvalue weighted by molar-refractivity contribution is 0.408. The van der Waals surface area contributed by atoms with E-state index in [0.29, 0.717) is 12.1 Å². The van der Waals surface area contributed by atoms with E-state index < -0.39 is 0 Å². The SMILES string of the molecule is COc1cccc(C(C)NC2CC=CCC2)c1. The standard InChI is InChI=1S/C15H21NO/c1-12(16-14-8-4-3-5-9-14)13-7-6-10-15(11-13)17-2/h3-4,6-7,10-12,14,16H,5,8-9H2,1-2H3. The van der Waals surface area contributed by atoms with Crippen LogP contribution in [0.1, 0.15) is 37.8 Å².